The lowest BCUT2D eigenvalue weighted by atomic mass is 10.0. The Hall–Kier alpha value is -2.42. The third-order valence-corrected chi connectivity index (χ3v) is 4.36. The largest absolute Gasteiger partial charge is 0.460 e. The molecule has 0 aliphatic heterocycles. The average molecular weight is 471 g/mol. The van der Waals surface area contributed by atoms with Crippen LogP contribution in [0.5, 0.6) is 11.5 Å². The fourth-order valence-corrected chi connectivity index (χ4v) is 2.86. The molecule has 10 heteroatoms. The molecule has 0 unspecified atom stereocenters. The van der Waals surface area contributed by atoms with Gasteiger partial charge in [-0.05, 0) is 30.5 Å². The van der Waals surface area contributed by atoms with Gasteiger partial charge in [-0.25, -0.2) is 8.78 Å². The molecule has 0 atom stereocenters. The smallest absolute Gasteiger partial charge is 0.429 e. The van der Waals surface area contributed by atoms with Crippen LogP contribution in [0.15, 0.2) is 42.7 Å². The van der Waals surface area contributed by atoms with E-state index in [1.165, 1.54) is 6.07 Å². The summed E-state index contributed by atoms with van der Waals surface area (Å²) in [4.78, 5) is 0. The Balaban J connectivity index is 2.18. The molecular formula is C21H18ClF7O2. The molecule has 0 radical (unpaired) electrons. The zero-order valence-electron chi connectivity index (χ0n) is 16.2. The van der Waals surface area contributed by atoms with E-state index in [-0.39, 0.29) is 12.3 Å². The van der Waals surface area contributed by atoms with Crippen molar-refractivity contribution in [3.05, 3.63) is 70.5 Å². The molecule has 2 aromatic rings. The van der Waals surface area contributed by atoms with Crippen LogP contribution in [-0.4, -0.2) is 6.18 Å². The van der Waals surface area contributed by atoms with Gasteiger partial charge in [0.05, 0.1) is 22.9 Å². The van der Waals surface area contributed by atoms with Crippen molar-refractivity contribution in [3.63, 3.8) is 0 Å². The number of hydrogen-bond donors (Lipinski definition) is 0. The maximum absolute atomic E-state index is 14.4. The zero-order valence-corrected chi connectivity index (χ0v) is 17.0. The third kappa shape index (κ3) is 7.34. The van der Waals surface area contributed by atoms with Crippen molar-refractivity contribution in [1.29, 1.82) is 0 Å². The molecule has 0 N–H and O–H groups in total. The Kier molecular flexibility index (Phi) is 8.22. The van der Waals surface area contributed by atoms with E-state index in [2.05, 4.69) is 9.47 Å². The summed E-state index contributed by atoms with van der Waals surface area (Å²) in [6, 6.07) is 4.37. The van der Waals surface area contributed by atoms with Crippen LogP contribution in [0.25, 0.3) is 0 Å². The predicted molar refractivity (Wildman–Crippen MR) is 101 cm³/mol. The molecule has 0 heterocycles. The van der Waals surface area contributed by atoms with Crippen LogP contribution in [-0.2, 0) is 12.5 Å². The summed E-state index contributed by atoms with van der Waals surface area (Å²) >= 11 is 5.69. The number of halogens is 8. The van der Waals surface area contributed by atoms with E-state index in [1.54, 1.807) is 0 Å². The lowest BCUT2D eigenvalue weighted by molar-refractivity contribution is -0.187. The summed E-state index contributed by atoms with van der Waals surface area (Å²) in [6.45, 7) is 1.99. The number of ether oxygens (including phenoxy) is 2. The maximum atomic E-state index is 14.4. The van der Waals surface area contributed by atoms with Crippen LogP contribution in [0, 0.1) is 11.6 Å². The molecule has 2 aromatic carbocycles. The van der Waals surface area contributed by atoms with Gasteiger partial charge in [-0.1, -0.05) is 37.4 Å². The van der Waals surface area contributed by atoms with E-state index in [9.17, 15) is 30.7 Å². The van der Waals surface area contributed by atoms with Crippen molar-refractivity contribution in [1.82, 2.24) is 0 Å². The predicted octanol–water partition coefficient (Wildman–Crippen LogP) is 7.93. The van der Waals surface area contributed by atoms with Crippen LogP contribution < -0.4 is 9.47 Å². The fraction of sp³-hybridized carbons (Fsp3) is 0.333. The number of hydrogen-bond acceptors (Lipinski definition) is 2. The standard InChI is InChI=1S/C21H18ClF7O2/c1-2-3-4-5-13-6-7-15(17(23)10-13)21(28,29)31-14-11-16(22)19(18(24)12-14)30-9-8-20(25,26)27/h6-12H,2-5H2,1H3/b9-8+. The molecule has 0 aliphatic carbocycles. The Morgan fingerprint density at radius 2 is 1.68 bits per heavy atom. The quantitative estimate of drug-likeness (QED) is 0.210. The number of allylic oxidation sites excluding steroid dienone is 1. The zero-order chi connectivity index (χ0) is 23.2. The first kappa shape index (κ1) is 24.8. The molecule has 0 spiro atoms. The van der Waals surface area contributed by atoms with Gasteiger partial charge in [0, 0.05) is 12.1 Å². The highest BCUT2D eigenvalue weighted by Gasteiger charge is 2.38. The molecule has 2 rings (SSSR count). The second kappa shape index (κ2) is 10.3. The molecule has 0 aliphatic rings. The molecule has 0 saturated carbocycles. The van der Waals surface area contributed by atoms with Crippen molar-refractivity contribution in [2.45, 2.75) is 44.9 Å². The molecule has 0 fully saturated rings. The summed E-state index contributed by atoms with van der Waals surface area (Å²) in [5.41, 5.74) is -0.510. The van der Waals surface area contributed by atoms with Gasteiger partial charge >= 0.3 is 12.3 Å². The molecule has 31 heavy (non-hydrogen) atoms. The van der Waals surface area contributed by atoms with Crippen molar-refractivity contribution in [2.75, 3.05) is 0 Å². The van der Waals surface area contributed by atoms with E-state index in [0.717, 1.165) is 31.4 Å². The minimum Gasteiger partial charge on any atom is -0.460 e. The lowest BCUT2D eigenvalue weighted by Gasteiger charge is -2.20. The summed E-state index contributed by atoms with van der Waals surface area (Å²) in [7, 11) is 0. The Labute approximate surface area is 179 Å². The van der Waals surface area contributed by atoms with E-state index >= 15 is 0 Å². The number of benzene rings is 2. The fourth-order valence-electron chi connectivity index (χ4n) is 2.62. The van der Waals surface area contributed by atoms with Crippen molar-refractivity contribution < 1.29 is 40.2 Å². The number of unbranched alkanes of at least 4 members (excludes halogenated alkanes) is 2. The Bertz CT molecular complexity index is 903. The van der Waals surface area contributed by atoms with Crippen LogP contribution in [0.2, 0.25) is 5.02 Å². The first-order chi connectivity index (χ1) is 14.4. The second-order valence-electron chi connectivity index (χ2n) is 6.57. The van der Waals surface area contributed by atoms with Gasteiger partial charge in [0.1, 0.15) is 11.6 Å². The van der Waals surface area contributed by atoms with Gasteiger partial charge in [0.2, 0.25) is 0 Å². The van der Waals surface area contributed by atoms with Gasteiger partial charge < -0.3 is 9.47 Å². The minimum absolute atomic E-state index is 0.150. The normalized spacial score (nSPS) is 12.4. The highest BCUT2D eigenvalue weighted by molar-refractivity contribution is 6.32. The van der Waals surface area contributed by atoms with Crippen LogP contribution in [0.1, 0.15) is 37.3 Å². The Morgan fingerprint density at radius 1 is 0.968 bits per heavy atom. The van der Waals surface area contributed by atoms with Gasteiger partial charge in [-0.3, -0.25) is 0 Å². The number of rotatable bonds is 9. The first-order valence-corrected chi connectivity index (χ1v) is 9.56. The van der Waals surface area contributed by atoms with Crippen molar-refractivity contribution in [3.8, 4) is 11.5 Å². The molecule has 0 aromatic heterocycles. The van der Waals surface area contributed by atoms with Crippen LogP contribution >= 0.6 is 11.6 Å². The second-order valence-corrected chi connectivity index (χ2v) is 6.98. The number of aryl methyl sites for hydroxylation is 1. The van der Waals surface area contributed by atoms with E-state index in [4.69, 9.17) is 11.6 Å². The molecule has 170 valence electrons. The van der Waals surface area contributed by atoms with Gasteiger partial charge in [-0.15, -0.1) is 0 Å². The number of alkyl halides is 5. The summed E-state index contributed by atoms with van der Waals surface area (Å²) in [5, 5.41) is -0.621. The van der Waals surface area contributed by atoms with Gasteiger partial charge in [0.25, 0.3) is 0 Å². The monoisotopic (exact) mass is 470 g/mol. The van der Waals surface area contributed by atoms with Crippen LogP contribution in [0.4, 0.5) is 30.7 Å². The van der Waals surface area contributed by atoms with Crippen LogP contribution in [0.3, 0.4) is 0 Å². The molecule has 0 saturated heterocycles. The van der Waals surface area contributed by atoms with Crippen molar-refractivity contribution >= 4 is 11.6 Å². The van der Waals surface area contributed by atoms with E-state index < -0.39 is 46.0 Å². The van der Waals surface area contributed by atoms with E-state index in [0.29, 0.717) is 24.1 Å². The summed E-state index contributed by atoms with van der Waals surface area (Å²) in [5.74, 6) is -4.13. The molecular weight excluding hydrogens is 453 g/mol. The third-order valence-electron chi connectivity index (χ3n) is 4.08. The summed E-state index contributed by atoms with van der Waals surface area (Å²) < 4.78 is 102. The maximum Gasteiger partial charge on any atom is 0.429 e. The first-order valence-electron chi connectivity index (χ1n) is 9.19. The molecule has 0 amide bonds. The molecule has 2 nitrogen and oxygen atoms in total. The summed E-state index contributed by atoms with van der Waals surface area (Å²) in [6.07, 6.45) is -5.85. The average Bonchev–Trinajstić information content (AvgIpc) is 2.63. The molecule has 0 bridgehead atoms. The van der Waals surface area contributed by atoms with Gasteiger partial charge in [-0.2, -0.15) is 22.0 Å². The highest BCUT2D eigenvalue weighted by atomic mass is 35.5. The lowest BCUT2D eigenvalue weighted by Crippen LogP contribution is -2.23. The van der Waals surface area contributed by atoms with E-state index in [1.807, 2.05) is 6.92 Å². The van der Waals surface area contributed by atoms with Crippen molar-refractivity contribution in [2.24, 2.45) is 0 Å². The highest BCUT2D eigenvalue weighted by Crippen LogP contribution is 2.38. The SMILES string of the molecule is CCCCCc1ccc(C(F)(F)Oc2cc(F)c(O/C=C/C(F)(F)F)c(Cl)c2)c(F)c1. The minimum atomic E-state index is -4.70. The topological polar surface area (TPSA) is 18.5 Å². The Morgan fingerprint density at radius 3 is 2.26 bits per heavy atom. The van der Waals surface area contributed by atoms with Gasteiger partial charge in [0.15, 0.2) is 11.6 Å².